The van der Waals surface area contributed by atoms with Gasteiger partial charge >= 0.3 is 5.97 Å². The lowest BCUT2D eigenvalue weighted by Crippen LogP contribution is -1.96. The molecule has 80 valence electrons. The van der Waals surface area contributed by atoms with Gasteiger partial charge in [0, 0.05) is 4.47 Å². The molecule has 0 aliphatic carbocycles. The van der Waals surface area contributed by atoms with Crippen LogP contribution in [0.3, 0.4) is 0 Å². The molecule has 0 amide bonds. The van der Waals surface area contributed by atoms with Crippen molar-refractivity contribution in [2.75, 3.05) is 7.11 Å². The molecule has 0 aliphatic rings. The first kappa shape index (κ1) is 12.0. The van der Waals surface area contributed by atoms with Crippen LogP contribution in [0, 0.1) is 6.92 Å². The number of hydrogen-bond donors (Lipinski definition) is 0. The molecule has 0 atom stereocenters. The van der Waals surface area contributed by atoms with Crippen LogP contribution >= 0.6 is 15.9 Å². The van der Waals surface area contributed by atoms with Gasteiger partial charge in [0.2, 0.25) is 0 Å². The molecular formula is C12H13BrO2. The molecule has 0 aliphatic heterocycles. The number of carbonyl (C=O) groups is 1. The third kappa shape index (κ3) is 3.88. The maximum atomic E-state index is 10.9. The molecule has 3 heteroatoms. The molecule has 0 spiro atoms. The predicted octanol–water partition coefficient (Wildman–Crippen LogP) is 3.33. The fourth-order valence-electron chi connectivity index (χ4n) is 1.16. The third-order valence-electron chi connectivity index (χ3n) is 1.96. The van der Waals surface area contributed by atoms with Gasteiger partial charge in [-0.25, -0.2) is 0 Å². The van der Waals surface area contributed by atoms with E-state index in [0.717, 1.165) is 10.0 Å². The summed E-state index contributed by atoms with van der Waals surface area (Å²) in [4.78, 5) is 10.9. The molecule has 1 rings (SSSR count). The quantitative estimate of drug-likeness (QED) is 0.787. The summed E-state index contributed by atoms with van der Waals surface area (Å²) < 4.78 is 5.56. The summed E-state index contributed by atoms with van der Waals surface area (Å²) >= 11 is 3.45. The van der Waals surface area contributed by atoms with Crippen LogP contribution in [0.2, 0.25) is 0 Å². The number of halogens is 1. The summed E-state index contributed by atoms with van der Waals surface area (Å²) in [5.74, 6) is -0.227. The molecule has 1 aromatic carbocycles. The molecule has 0 heterocycles. The van der Waals surface area contributed by atoms with Crippen molar-refractivity contribution in [2.24, 2.45) is 0 Å². The van der Waals surface area contributed by atoms with Crippen molar-refractivity contribution in [3.63, 3.8) is 0 Å². The van der Waals surface area contributed by atoms with Crippen molar-refractivity contribution in [3.05, 3.63) is 39.9 Å². The van der Waals surface area contributed by atoms with Crippen molar-refractivity contribution < 1.29 is 9.53 Å². The highest BCUT2D eigenvalue weighted by molar-refractivity contribution is 9.10. The van der Waals surface area contributed by atoms with Gasteiger partial charge in [0.15, 0.2) is 0 Å². The van der Waals surface area contributed by atoms with Gasteiger partial charge in [-0.3, -0.25) is 4.79 Å². The molecular weight excluding hydrogens is 256 g/mol. The van der Waals surface area contributed by atoms with Crippen molar-refractivity contribution in [2.45, 2.75) is 13.3 Å². The second-order valence-electron chi connectivity index (χ2n) is 3.21. The largest absolute Gasteiger partial charge is 0.469 e. The minimum Gasteiger partial charge on any atom is -0.469 e. The molecule has 0 fully saturated rings. The first-order valence-corrected chi connectivity index (χ1v) is 5.42. The van der Waals surface area contributed by atoms with E-state index in [1.165, 1.54) is 12.7 Å². The van der Waals surface area contributed by atoms with Gasteiger partial charge in [-0.15, -0.1) is 0 Å². The van der Waals surface area contributed by atoms with Gasteiger partial charge in [0.1, 0.15) is 0 Å². The Hall–Kier alpha value is -1.09. The van der Waals surface area contributed by atoms with E-state index in [1.54, 1.807) is 6.08 Å². The third-order valence-corrected chi connectivity index (χ3v) is 2.68. The van der Waals surface area contributed by atoms with Crippen LogP contribution in [0.15, 0.2) is 28.7 Å². The fraction of sp³-hybridized carbons (Fsp3) is 0.250. The Labute approximate surface area is 98.1 Å². The van der Waals surface area contributed by atoms with Crippen LogP contribution in [-0.2, 0) is 9.53 Å². The smallest absolute Gasteiger partial charge is 0.309 e. The lowest BCUT2D eigenvalue weighted by Gasteiger charge is -2.00. The van der Waals surface area contributed by atoms with Gasteiger partial charge in [-0.05, 0) is 18.6 Å². The van der Waals surface area contributed by atoms with Crippen LogP contribution < -0.4 is 0 Å². The number of carbonyl (C=O) groups excluding carboxylic acids is 1. The zero-order valence-corrected chi connectivity index (χ0v) is 10.4. The summed E-state index contributed by atoms with van der Waals surface area (Å²) in [5.41, 5.74) is 2.26. The van der Waals surface area contributed by atoms with E-state index in [0.29, 0.717) is 6.42 Å². The highest BCUT2D eigenvalue weighted by atomic mass is 79.9. The number of methoxy groups -OCH3 is 1. The monoisotopic (exact) mass is 268 g/mol. The van der Waals surface area contributed by atoms with E-state index in [-0.39, 0.29) is 5.97 Å². The molecule has 0 radical (unpaired) electrons. The normalized spacial score (nSPS) is 10.6. The maximum absolute atomic E-state index is 10.9. The second-order valence-corrected chi connectivity index (χ2v) is 4.06. The van der Waals surface area contributed by atoms with E-state index >= 15 is 0 Å². The highest BCUT2D eigenvalue weighted by Gasteiger charge is 1.97. The number of hydrogen-bond acceptors (Lipinski definition) is 2. The van der Waals surface area contributed by atoms with E-state index < -0.39 is 0 Å². The van der Waals surface area contributed by atoms with Gasteiger partial charge in [0.05, 0.1) is 13.5 Å². The number of aryl methyl sites for hydroxylation is 1. The van der Waals surface area contributed by atoms with Crippen LogP contribution in [0.25, 0.3) is 6.08 Å². The predicted molar refractivity (Wildman–Crippen MR) is 64.5 cm³/mol. The summed E-state index contributed by atoms with van der Waals surface area (Å²) in [7, 11) is 1.39. The standard InChI is InChI=1S/C12H13BrO2/c1-9-6-7-11(13)10(8-9)4-3-5-12(14)15-2/h3-4,6-8H,5H2,1-2H3. The molecule has 1 aromatic rings. The number of rotatable bonds is 3. The van der Waals surface area contributed by atoms with Gasteiger partial charge in [0.25, 0.3) is 0 Å². The molecule has 0 saturated heterocycles. The Kier molecular flexibility index (Phi) is 4.56. The first-order valence-electron chi connectivity index (χ1n) is 4.63. The molecule has 0 unspecified atom stereocenters. The average molecular weight is 269 g/mol. The summed E-state index contributed by atoms with van der Waals surface area (Å²) in [5, 5.41) is 0. The van der Waals surface area contributed by atoms with Crippen LogP contribution in [0.1, 0.15) is 17.5 Å². The van der Waals surface area contributed by atoms with Gasteiger partial charge < -0.3 is 4.74 Å². The van der Waals surface area contributed by atoms with Crippen molar-refractivity contribution >= 4 is 28.0 Å². The SMILES string of the molecule is COC(=O)CC=Cc1cc(C)ccc1Br. The fourth-order valence-corrected chi connectivity index (χ4v) is 1.54. The zero-order valence-electron chi connectivity index (χ0n) is 8.79. The molecule has 0 aromatic heterocycles. The zero-order chi connectivity index (χ0) is 11.3. The van der Waals surface area contributed by atoms with Crippen molar-refractivity contribution in [3.8, 4) is 0 Å². The summed E-state index contributed by atoms with van der Waals surface area (Å²) in [6, 6.07) is 6.08. The van der Waals surface area contributed by atoms with Gasteiger partial charge in [-0.1, -0.05) is 45.8 Å². The topological polar surface area (TPSA) is 26.3 Å². The van der Waals surface area contributed by atoms with Crippen molar-refractivity contribution in [1.29, 1.82) is 0 Å². The summed E-state index contributed by atoms with van der Waals surface area (Å²) in [6.45, 7) is 2.03. The van der Waals surface area contributed by atoms with Crippen LogP contribution in [0.5, 0.6) is 0 Å². The average Bonchev–Trinajstić information content (AvgIpc) is 2.23. The van der Waals surface area contributed by atoms with E-state index in [9.17, 15) is 4.79 Å². The highest BCUT2D eigenvalue weighted by Crippen LogP contribution is 2.19. The molecule has 0 saturated carbocycles. The van der Waals surface area contributed by atoms with E-state index in [1.807, 2.05) is 25.1 Å². The Morgan fingerprint density at radius 2 is 2.27 bits per heavy atom. The second kappa shape index (κ2) is 5.71. The van der Waals surface area contributed by atoms with Crippen LogP contribution in [-0.4, -0.2) is 13.1 Å². The minimum absolute atomic E-state index is 0.227. The number of ether oxygens (including phenoxy) is 1. The molecule has 15 heavy (non-hydrogen) atoms. The molecule has 0 bridgehead atoms. The van der Waals surface area contributed by atoms with Crippen LogP contribution in [0.4, 0.5) is 0 Å². The van der Waals surface area contributed by atoms with E-state index in [4.69, 9.17) is 0 Å². The molecule has 0 N–H and O–H groups in total. The Bertz CT molecular complexity index is 383. The Morgan fingerprint density at radius 1 is 1.53 bits per heavy atom. The minimum atomic E-state index is -0.227. The Balaban J connectivity index is 2.71. The lowest BCUT2D eigenvalue weighted by atomic mass is 10.1. The van der Waals surface area contributed by atoms with E-state index in [2.05, 4.69) is 26.7 Å². The number of esters is 1. The lowest BCUT2D eigenvalue weighted by molar-refractivity contribution is -0.139. The first-order chi connectivity index (χ1) is 7.13. The Morgan fingerprint density at radius 3 is 2.93 bits per heavy atom. The summed E-state index contributed by atoms with van der Waals surface area (Å²) in [6.07, 6.45) is 4.01. The van der Waals surface area contributed by atoms with Crippen molar-refractivity contribution in [1.82, 2.24) is 0 Å². The molecule has 2 nitrogen and oxygen atoms in total. The maximum Gasteiger partial charge on any atom is 0.309 e. The van der Waals surface area contributed by atoms with Gasteiger partial charge in [-0.2, -0.15) is 0 Å². The number of benzene rings is 1.